The molecule has 0 bridgehead atoms. The van der Waals surface area contributed by atoms with Crippen LogP contribution in [0.15, 0.2) is 12.7 Å². The molecule has 0 aromatic carbocycles. The van der Waals surface area contributed by atoms with Crippen LogP contribution in [-0.4, -0.2) is 50.7 Å². The van der Waals surface area contributed by atoms with Gasteiger partial charge in [-0.25, -0.2) is 0 Å². The molecule has 1 fully saturated rings. The van der Waals surface area contributed by atoms with Crippen molar-refractivity contribution in [3.05, 3.63) is 12.7 Å². The van der Waals surface area contributed by atoms with Gasteiger partial charge < -0.3 is 15.0 Å². The summed E-state index contributed by atoms with van der Waals surface area (Å²) in [7, 11) is 1.65. The molecule has 0 aromatic rings. The van der Waals surface area contributed by atoms with Gasteiger partial charge in [-0.2, -0.15) is 0 Å². The summed E-state index contributed by atoms with van der Waals surface area (Å²) >= 11 is 0. The van der Waals surface area contributed by atoms with Gasteiger partial charge in [-0.3, -0.25) is 4.79 Å². The maximum Gasteiger partial charge on any atom is 0.226 e. The molecule has 1 aliphatic rings. The summed E-state index contributed by atoms with van der Waals surface area (Å²) in [6, 6.07) is 0. The van der Waals surface area contributed by atoms with Crippen molar-refractivity contribution in [3.8, 4) is 0 Å². The zero-order valence-corrected chi connectivity index (χ0v) is 10.2. The van der Waals surface area contributed by atoms with Crippen molar-refractivity contribution in [1.29, 1.82) is 0 Å². The number of hydrogen-bond donors (Lipinski definition) is 1. The predicted octanol–water partition coefficient (Wildman–Crippen LogP) is 0.503. The lowest BCUT2D eigenvalue weighted by Gasteiger charge is -2.34. The Kier molecular flexibility index (Phi) is 5.49. The minimum Gasteiger partial charge on any atom is -0.383 e. The van der Waals surface area contributed by atoms with Crippen molar-refractivity contribution in [3.63, 3.8) is 0 Å². The van der Waals surface area contributed by atoms with Crippen LogP contribution in [0, 0.1) is 11.8 Å². The van der Waals surface area contributed by atoms with Gasteiger partial charge in [0.05, 0.1) is 6.61 Å². The first-order chi connectivity index (χ1) is 7.70. The van der Waals surface area contributed by atoms with E-state index in [0.29, 0.717) is 25.6 Å². The largest absolute Gasteiger partial charge is 0.383 e. The summed E-state index contributed by atoms with van der Waals surface area (Å²) < 4.78 is 5.01. The first kappa shape index (κ1) is 13.2. The molecule has 0 spiro atoms. The van der Waals surface area contributed by atoms with E-state index in [1.807, 2.05) is 11.8 Å². The lowest BCUT2D eigenvalue weighted by Crippen LogP contribution is -2.50. The van der Waals surface area contributed by atoms with E-state index in [-0.39, 0.29) is 11.8 Å². The number of hydrogen-bond acceptors (Lipinski definition) is 3. The molecular weight excluding hydrogens is 204 g/mol. The lowest BCUT2D eigenvalue weighted by molar-refractivity contribution is -0.137. The lowest BCUT2D eigenvalue weighted by atomic mass is 9.88. The Bertz CT molecular complexity index is 239. The number of methoxy groups -OCH3 is 1. The van der Waals surface area contributed by atoms with E-state index in [2.05, 4.69) is 11.9 Å². The molecule has 1 N–H and O–H groups in total. The predicted molar refractivity (Wildman–Crippen MR) is 64.2 cm³/mol. The van der Waals surface area contributed by atoms with Gasteiger partial charge in [0.15, 0.2) is 0 Å². The first-order valence-corrected chi connectivity index (χ1v) is 5.80. The maximum absolute atomic E-state index is 12.2. The maximum atomic E-state index is 12.2. The molecule has 1 atom stereocenters. The van der Waals surface area contributed by atoms with E-state index in [1.165, 1.54) is 0 Å². The minimum atomic E-state index is 0.0954. The smallest absolute Gasteiger partial charge is 0.226 e. The fourth-order valence-electron chi connectivity index (χ4n) is 1.80. The molecule has 1 saturated heterocycles. The number of amides is 1. The molecule has 0 radical (unpaired) electrons. The summed E-state index contributed by atoms with van der Waals surface area (Å²) in [4.78, 5) is 14.0. The third-order valence-corrected chi connectivity index (χ3v) is 3.14. The highest BCUT2D eigenvalue weighted by molar-refractivity contribution is 5.79. The van der Waals surface area contributed by atoms with Crippen molar-refractivity contribution >= 4 is 5.91 Å². The number of nitrogens with one attached hydrogen (secondary N) is 1. The van der Waals surface area contributed by atoms with E-state index in [0.717, 1.165) is 13.1 Å². The second-order valence-electron chi connectivity index (χ2n) is 4.27. The van der Waals surface area contributed by atoms with Crippen molar-refractivity contribution in [1.82, 2.24) is 10.2 Å². The zero-order chi connectivity index (χ0) is 12.0. The van der Waals surface area contributed by atoms with Gasteiger partial charge in [0.1, 0.15) is 0 Å². The summed E-state index contributed by atoms with van der Waals surface area (Å²) in [5, 5.41) is 3.20. The normalized spacial score (nSPS) is 17.6. The molecule has 16 heavy (non-hydrogen) atoms. The van der Waals surface area contributed by atoms with Gasteiger partial charge in [-0.15, -0.1) is 6.58 Å². The van der Waals surface area contributed by atoms with E-state index in [9.17, 15) is 4.79 Å². The Morgan fingerprint density at radius 2 is 2.38 bits per heavy atom. The number of ether oxygens (including phenoxy) is 1. The van der Waals surface area contributed by atoms with Crippen molar-refractivity contribution in [2.75, 3.05) is 39.9 Å². The minimum absolute atomic E-state index is 0.0954. The number of carbonyl (C=O) groups is 1. The Morgan fingerprint density at radius 3 is 2.81 bits per heavy atom. The zero-order valence-electron chi connectivity index (χ0n) is 10.2. The highest BCUT2D eigenvalue weighted by atomic mass is 16.5. The van der Waals surface area contributed by atoms with E-state index < -0.39 is 0 Å². The summed E-state index contributed by atoms with van der Waals surface area (Å²) in [5.74, 6) is 0.795. The van der Waals surface area contributed by atoms with Crippen molar-refractivity contribution < 1.29 is 9.53 Å². The molecule has 4 nitrogen and oxygen atoms in total. The summed E-state index contributed by atoms with van der Waals surface area (Å²) in [6.45, 7) is 9.43. The molecule has 1 heterocycles. The second-order valence-corrected chi connectivity index (χ2v) is 4.27. The third kappa shape index (κ3) is 3.32. The van der Waals surface area contributed by atoms with Crippen LogP contribution in [0.4, 0.5) is 0 Å². The molecule has 1 amide bonds. The standard InChI is InChI=1S/C12H22N2O2/c1-4-5-14(6-7-16-3)12(15)10(2)11-8-13-9-11/h4,10-11,13H,1,5-9H2,2-3H3. The second kappa shape index (κ2) is 6.66. The van der Waals surface area contributed by atoms with Crippen LogP contribution in [0.3, 0.4) is 0 Å². The fourth-order valence-corrected chi connectivity index (χ4v) is 1.80. The van der Waals surface area contributed by atoms with Gasteiger partial charge in [-0.1, -0.05) is 13.0 Å². The highest BCUT2D eigenvalue weighted by Crippen LogP contribution is 2.18. The van der Waals surface area contributed by atoms with Crippen LogP contribution in [0.5, 0.6) is 0 Å². The van der Waals surface area contributed by atoms with E-state index in [1.54, 1.807) is 13.2 Å². The summed E-state index contributed by atoms with van der Waals surface area (Å²) in [5.41, 5.74) is 0. The van der Waals surface area contributed by atoms with Gasteiger partial charge in [-0.05, 0) is 19.0 Å². The molecule has 1 rings (SSSR count). The van der Waals surface area contributed by atoms with Gasteiger partial charge in [0, 0.05) is 26.1 Å². The number of carbonyl (C=O) groups excluding carboxylic acids is 1. The van der Waals surface area contributed by atoms with E-state index >= 15 is 0 Å². The van der Waals surface area contributed by atoms with Gasteiger partial charge in [0.25, 0.3) is 0 Å². The number of rotatable bonds is 7. The quantitative estimate of drug-likeness (QED) is 0.643. The topological polar surface area (TPSA) is 41.6 Å². The monoisotopic (exact) mass is 226 g/mol. The van der Waals surface area contributed by atoms with Crippen LogP contribution in [0.1, 0.15) is 6.92 Å². The van der Waals surface area contributed by atoms with Crippen LogP contribution < -0.4 is 5.32 Å². The molecule has 0 aromatic heterocycles. The molecule has 0 saturated carbocycles. The van der Waals surface area contributed by atoms with Crippen LogP contribution in [0.25, 0.3) is 0 Å². The van der Waals surface area contributed by atoms with E-state index in [4.69, 9.17) is 4.74 Å². The Balaban J connectivity index is 2.47. The Morgan fingerprint density at radius 1 is 1.69 bits per heavy atom. The average Bonchev–Trinajstić information content (AvgIpc) is 2.20. The molecule has 1 unspecified atom stereocenters. The van der Waals surface area contributed by atoms with Crippen molar-refractivity contribution in [2.24, 2.45) is 11.8 Å². The van der Waals surface area contributed by atoms with Crippen LogP contribution in [0.2, 0.25) is 0 Å². The van der Waals surface area contributed by atoms with Crippen molar-refractivity contribution in [2.45, 2.75) is 6.92 Å². The third-order valence-electron chi connectivity index (χ3n) is 3.14. The first-order valence-electron chi connectivity index (χ1n) is 5.80. The fraction of sp³-hybridized carbons (Fsp3) is 0.750. The Hall–Kier alpha value is -0.870. The molecule has 92 valence electrons. The van der Waals surface area contributed by atoms with Gasteiger partial charge >= 0.3 is 0 Å². The molecule has 0 aliphatic carbocycles. The highest BCUT2D eigenvalue weighted by Gasteiger charge is 2.31. The van der Waals surface area contributed by atoms with Gasteiger partial charge in [0.2, 0.25) is 5.91 Å². The molecular formula is C12H22N2O2. The molecule has 4 heteroatoms. The summed E-state index contributed by atoms with van der Waals surface area (Å²) in [6.07, 6.45) is 1.76. The number of nitrogens with zero attached hydrogens (tertiary/aromatic N) is 1. The molecule has 1 aliphatic heterocycles. The average molecular weight is 226 g/mol. The van der Waals surface area contributed by atoms with Crippen LogP contribution >= 0.6 is 0 Å². The van der Waals surface area contributed by atoms with Crippen LogP contribution in [-0.2, 0) is 9.53 Å². The Labute approximate surface area is 97.6 Å². The SMILES string of the molecule is C=CCN(CCOC)C(=O)C(C)C1CNC1.